The predicted molar refractivity (Wildman–Crippen MR) is 49.1 cm³/mol. The van der Waals surface area contributed by atoms with Crippen LogP contribution in [0.2, 0.25) is 0 Å². The van der Waals surface area contributed by atoms with Gasteiger partial charge in [-0.15, -0.1) is 0 Å². The van der Waals surface area contributed by atoms with E-state index >= 15 is 0 Å². The molecule has 0 bridgehead atoms. The minimum absolute atomic E-state index is 0.156. The number of rotatable bonds is 7. The number of carbonyl (C=O) groups is 1. The van der Waals surface area contributed by atoms with E-state index in [4.69, 9.17) is 4.74 Å². The van der Waals surface area contributed by atoms with Crippen LogP contribution in [0.1, 0.15) is 40.0 Å². The van der Waals surface area contributed by atoms with E-state index in [0.29, 0.717) is 18.9 Å². The molecule has 0 radical (unpaired) electrons. The smallest absolute Gasteiger partial charge is 0.0518 e. The molecule has 0 spiro atoms. The third kappa shape index (κ3) is 9.34. The molecule has 0 aliphatic heterocycles. The molecule has 0 rings (SSSR count). The summed E-state index contributed by atoms with van der Waals surface area (Å²) in [7, 11) is 0. The molecule has 0 fully saturated rings. The van der Waals surface area contributed by atoms with Gasteiger partial charge in [0, 0.05) is 12.6 Å². The van der Waals surface area contributed by atoms with Crippen molar-refractivity contribution < 1.29 is 14.6 Å². The second kappa shape index (κ2) is 6.89. The molecule has 0 saturated carbocycles. The van der Waals surface area contributed by atoms with E-state index in [9.17, 15) is 9.90 Å². The first-order chi connectivity index (χ1) is 6.02. The lowest BCUT2D eigenvalue weighted by Gasteiger charge is -2.13. The van der Waals surface area contributed by atoms with E-state index in [1.807, 2.05) is 20.8 Å². The molecule has 0 heterocycles. The minimum Gasteiger partial charge on any atom is -0.550 e. The number of aliphatic carboxylic acids is 1. The lowest BCUT2D eigenvalue weighted by atomic mass is 10.0. The van der Waals surface area contributed by atoms with Gasteiger partial charge in [-0.05, 0) is 39.0 Å². The van der Waals surface area contributed by atoms with Crippen molar-refractivity contribution in [1.29, 1.82) is 0 Å². The third-order valence-electron chi connectivity index (χ3n) is 1.90. The van der Waals surface area contributed by atoms with Crippen molar-refractivity contribution in [3.8, 4) is 0 Å². The first-order valence-electron chi connectivity index (χ1n) is 4.83. The molecule has 3 nitrogen and oxygen atoms in total. The van der Waals surface area contributed by atoms with Crippen LogP contribution >= 0.6 is 0 Å². The maximum Gasteiger partial charge on any atom is 0.0518 e. The normalized spacial score (nSPS) is 13.2. The monoisotopic (exact) mass is 187 g/mol. The van der Waals surface area contributed by atoms with Crippen LogP contribution in [0.25, 0.3) is 0 Å². The summed E-state index contributed by atoms with van der Waals surface area (Å²) in [6.07, 6.45) is 2.02. The molecule has 0 aromatic heterocycles. The van der Waals surface area contributed by atoms with Crippen LogP contribution in [0.5, 0.6) is 0 Å². The molecule has 0 saturated heterocycles. The molecule has 0 aliphatic rings. The number of hydrogen-bond acceptors (Lipinski definition) is 3. The number of ether oxygens (including phenoxy) is 1. The van der Waals surface area contributed by atoms with Crippen LogP contribution in [0.4, 0.5) is 0 Å². The molecule has 1 atom stereocenters. The Morgan fingerprint density at radius 3 is 2.38 bits per heavy atom. The Bertz CT molecular complexity index is 143. The molecule has 0 N–H and O–H groups in total. The van der Waals surface area contributed by atoms with Crippen molar-refractivity contribution in [2.45, 2.75) is 46.1 Å². The molecule has 3 heteroatoms. The third-order valence-corrected chi connectivity index (χ3v) is 1.90. The molecule has 13 heavy (non-hydrogen) atoms. The average Bonchev–Trinajstić information content (AvgIpc) is 2.00. The summed E-state index contributed by atoms with van der Waals surface area (Å²) in [6.45, 7) is 6.73. The SMILES string of the molecule is CC(CCOC(C)C)CCC(=O)[O-]. The first-order valence-corrected chi connectivity index (χ1v) is 4.83. The average molecular weight is 187 g/mol. The molecular weight excluding hydrogens is 168 g/mol. The Morgan fingerprint density at radius 2 is 1.92 bits per heavy atom. The van der Waals surface area contributed by atoms with Crippen LogP contribution in [-0.2, 0) is 9.53 Å². The Balaban J connectivity index is 3.30. The molecule has 78 valence electrons. The maximum atomic E-state index is 10.1. The Morgan fingerprint density at radius 1 is 1.31 bits per heavy atom. The predicted octanol–water partition coefficient (Wildman–Crippen LogP) is 0.968. The highest BCUT2D eigenvalue weighted by Gasteiger charge is 2.02. The topological polar surface area (TPSA) is 49.4 Å². The zero-order valence-corrected chi connectivity index (χ0v) is 8.71. The van der Waals surface area contributed by atoms with Gasteiger partial charge < -0.3 is 14.6 Å². The van der Waals surface area contributed by atoms with Gasteiger partial charge in [0.15, 0.2) is 0 Å². The minimum atomic E-state index is -0.961. The van der Waals surface area contributed by atoms with Crippen LogP contribution in [0.15, 0.2) is 0 Å². The number of carbonyl (C=O) groups excluding carboxylic acids is 1. The molecule has 0 aromatic carbocycles. The van der Waals surface area contributed by atoms with Crippen molar-refractivity contribution in [2.75, 3.05) is 6.61 Å². The molecule has 0 aliphatic carbocycles. The second-order valence-corrected chi connectivity index (χ2v) is 3.72. The van der Waals surface area contributed by atoms with Crippen molar-refractivity contribution >= 4 is 5.97 Å². The Labute approximate surface area is 80.1 Å². The highest BCUT2D eigenvalue weighted by Crippen LogP contribution is 2.10. The van der Waals surface area contributed by atoms with Crippen LogP contribution in [0, 0.1) is 5.92 Å². The largest absolute Gasteiger partial charge is 0.550 e. The number of hydrogen-bond donors (Lipinski definition) is 0. The zero-order valence-electron chi connectivity index (χ0n) is 8.71. The van der Waals surface area contributed by atoms with Crippen LogP contribution in [-0.4, -0.2) is 18.7 Å². The van der Waals surface area contributed by atoms with Gasteiger partial charge in [0.1, 0.15) is 0 Å². The summed E-state index contributed by atoms with van der Waals surface area (Å²) in [5.74, 6) is -0.562. The van der Waals surface area contributed by atoms with Gasteiger partial charge in [-0.2, -0.15) is 0 Å². The van der Waals surface area contributed by atoms with E-state index in [0.717, 1.165) is 6.42 Å². The van der Waals surface area contributed by atoms with Crippen molar-refractivity contribution in [3.05, 3.63) is 0 Å². The van der Waals surface area contributed by atoms with E-state index in [1.54, 1.807) is 0 Å². The van der Waals surface area contributed by atoms with Gasteiger partial charge >= 0.3 is 0 Å². The lowest BCUT2D eigenvalue weighted by molar-refractivity contribution is -0.306. The zero-order chi connectivity index (χ0) is 10.3. The molecule has 0 aromatic rings. The molecular formula is C10H19O3-. The summed E-state index contributed by atoms with van der Waals surface area (Å²) in [6, 6.07) is 0. The van der Waals surface area contributed by atoms with E-state index in [1.165, 1.54) is 0 Å². The fraction of sp³-hybridized carbons (Fsp3) is 0.900. The molecule has 0 amide bonds. The lowest BCUT2D eigenvalue weighted by Crippen LogP contribution is -2.22. The Hall–Kier alpha value is -0.570. The first kappa shape index (κ1) is 12.4. The van der Waals surface area contributed by atoms with Crippen molar-refractivity contribution in [2.24, 2.45) is 5.92 Å². The van der Waals surface area contributed by atoms with Gasteiger partial charge in [0.25, 0.3) is 0 Å². The van der Waals surface area contributed by atoms with Crippen molar-refractivity contribution in [3.63, 3.8) is 0 Å². The van der Waals surface area contributed by atoms with Gasteiger partial charge in [-0.25, -0.2) is 0 Å². The number of carboxylic acid groups (broad SMARTS) is 1. The van der Waals surface area contributed by atoms with Gasteiger partial charge in [-0.1, -0.05) is 6.92 Å². The van der Waals surface area contributed by atoms with Gasteiger partial charge in [0.2, 0.25) is 0 Å². The van der Waals surface area contributed by atoms with E-state index in [2.05, 4.69) is 0 Å². The fourth-order valence-corrected chi connectivity index (χ4v) is 1.01. The quantitative estimate of drug-likeness (QED) is 0.596. The van der Waals surface area contributed by atoms with Gasteiger partial charge in [0.05, 0.1) is 6.10 Å². The van der Waals surface area contributed by atoms with Crippen LogP contribution in [0.3, 0.4) is 0 Å². The van der Waals surface area contributed by atoms with Gasteiger partial charge in [-0.3, -0.25) is 0 Å². The summed E-state index contributed by atoms with van der Waals surface area (Å²) in [5.41, 5.74) is 0. The number of carboxylic acids is 1. The van der Waals surface area contributed by atoms with Crippen LogP contribution < -0.4 is 5.11 Å². The standard InChI is InChI=1S/C10H20O3/c1-8(2)13-7-6-9(3)4-5-10(11)12/h8-9H,4-7H2,1-3H3,(H,11,12)/p-1. The summed E-state index contributed by atoms with van der Waals surface area (Å²) >= 11 is 0. The van der Waals surface area contributed by atoms with Crippen molar-refractivity contribution in [1.82, 2.24) is 0 Å². The maximum absolute atomic E-state index is 10.1. The Kier molecular flexibility index (Phi) is 6.59. The summed E-state index contributed by atoms with van der Waals surface area (Å²) < 4.78 is 5.36. The second-order valence-electron chi connectivity index (χ2n) is 3.72. The van der Waals surface area contributed by atoms with E-state index in [-0.39, 0.29) is 12.5 Å². The molecule has 1 unspecified atom stereocenters. The summed E-state index contributed by atoms with van der Waals surface area (Å²) in [5, 5.41) is 10.1. The highest BCUT2D eigenvalue weighted by molar-refractivity contribution is 5.64. The van der Waals surface area contributed by atoms with E-state index < -0.39 is 5.97 Å². The summed E-state index contributed by atoms with van der Waals surface area (Å²) in [4.78, 5) is 10.1. The fourth-order valence-electron chi connectivity index (χ4n) is 1.01. The highest BCUT2D eigenvalue weighted by atomic mass is 16.5.